The fraction of sp³-hybridized carbons (Fsp3) is 0.611. The van der Waals surface area contributed by atoms with Gasteiger partial charge in [0.2, 0.25) is 0 Å². The molecule has 2 rings (SSSR count). The summed E-state index contributed by atoms with van der Waals surface area (Å²) >= 11 is 0. The molecule has 1 aromatic rings. The summed E-state index contributed by atoms with van der Waals surface area (Å²) in [7, 11) is 0. The van der Waals surface area contributed by atoms with Crippen LogP contribution in [0.3, 0.4) is 0 Å². The molecule has 0 heterocycles. The molecule has 0 spiro atoms. The summed E-state index contributed by atoms with van der Waals surface area (Å²) in [5, 5.41) is 9.15. The minimum atomic E-state index is -0.734. The van der Waals surface area contributed by atoms with Crippen LogP contribution in [0.4, 0.5) is 0 Å². The third kappa shape index (κ3) is 3.13. The van der Waals surface area contributed by atoms with Crippen LogP contribution >= 0.6 is 0 Å². The first kappa shape index (κ1) is 16.0. The highest BCUT2D eigenvalue weighted by atomic mass is 16.4. The average Bonchev–Trinajstić information content (AvgIpc) is 2.35. The van der Waals surface area contributed by atoms with E-state index in [2.05, 4.69) is 45.0 Å². The Labute approximate surface area is 127 Å². The molecule has 21 heavy (non-hydrogen) atoms. The van der Waals surface area contributed by atoms with Crippen molar-refractivity contribution in [1.82, 2.24) is 0 Å². The van der Waals surface area contributed by atoms with E-state index in [0.29, 0.717) is 6.54 Å². The van der Waals surface area contributed by atoms with Gasteiger partial charge in [0.05, 0.1) is 6.42 Å². The second kappa shape index (κ2) is 5.45. The molecular weight excluding hydrogens is 262 g/mol. The molecule has 3 nitrogen and oxygen atoms in total. The molecule has 1 aliphatic carbocycles. The van der Waals surface area contributed by atoms with E-state index >= 15 is 0 Å². The van der Waals surface area contributed by atoms with Gasteiger partial charge in [-0.05, 0) is 47.6 Å². The number of rotatable bonds is 5. The Morgan fingerprint density at radius 1 is 1.24 bits per heavy atom. The van der Waals surface area contributed by atoms with Gasteiger partial charge in [0.15, 0.2) is 0 Å². The van der Waals surface area contributed by atoms with Crippen LogP contribution in [0, 0.1) is 16.2 Å². The zero-order chi connectivity index (χ0) is 15.7. The molecule has 116 valence electrons. The SMILES string of the molecule is CC(C)(C)C1(Cc2ccccc2)CC(CN)(CC(=O)O)C1. The quantitative estimate of drug-likeness (QED) is 0.872. The first-order chi connectivity index (χ1) is 9.72. The van der Waals surface area contributed by atoms with Crippen molar-refractivity contribution in [2.45, 2.75) is 46.5 Å². The predicted molar refractivity (Wildman–Crippen MR) is 85.0 cm³/mol. The van der Waals surface area contributed by atoms with E-state index in [1.807, 2.05) is 6.07 Å². The summed E-state index contributed by atoms with van der Waals surface area (Å²) in [6.45, 7) is 7.25. The number of carboxylic acids is 1. The molecule has 0 aliphatic heterocycles. The van der Waals surface area contributed by atoms with Crippen molar-refractivity contribution in [2.75, 3.05) is 6.54 Å². The van der Waals surface area contributed by atoms with Crippen molar-refractivity contribution in [3.8, 4) is 0 Å². The number of carbonyl (C=O) groups is 1. The van der Waals surface area contributed by atoms with Gasteiger partial charge in [0, 0.05) is 0 Å². The Hall–Kier alpha value is -1.35. The normalized spacial score (nSPS) is 29.0. The van der Waals surface area contributed by atoms with Gasteiger partial charge in [0.25, 0.3) is 0 Å². The van der Waals surface area contributed by atoms with Crippen LogP contribution in [0.1, 0.15) is 45.6 Å². The summed E-state index contributed by atoms with van der Waals surface area (Å²) < 4.78 is 0. The number of carboxylic acid groups (broad SMARTS) is 1. The number of nitrogens with two attached hydrogens (primary N) is 1. The van der Waals surface area contributed by atoms with Crippen molar-refractivity contribution >= 4 is 5.97 Å². The second-order valence-electron chi connectivity index (χ2n) is 7.82. The number of benzene rings is 1. The third-order valence-corrected chi connectivity index (χ3v) is 5.36. The first-order valence-corrected chi connectivity index (χ1v) is 7.68. The molecule has 1 aromatic carbocycles. The van der Waals surface area contributed by atoms with E-state index in [4.69, 9.17) is 10.8 Å². The van der Waals surface area contributed by atoms with Crippen molar-refractivity contribution in [3.05, 3.63) is 35.9 Å². The van der Waals surface area contributed by atoms with Crippen LogP contribution in [-0.4, -0.2) is 17.6 Å². The molecular formula is C18H27NO2. The molecule has 0 aromatic heterocycles. The highest BCUT2D eigenvalue weighted by Gasteiger charge is 2.59. The molecule has 3 N–H and O–H groups in total. The molecule has 0 amide bonds. The molecule has 1 aliphatic rings. The topological polar surface area (TPSA) is 63.3 Å². The van der Waals surface area contributed by atoms with E-state index in [1.165, 1.54) is 5.56 Å². The monoisotopic (exact) mass is 289 g/mol. The van der Waals surface area contributed by atoms with Crippen molar-refractivity contribution < 1.29 is 9.90 Å². The molecule has 0 atom stereocenters. The van der Waals surface area contributed by atoms with Gasteiger partial charge >= 0.3 is 5.97 Å². The number of hydrogen-bond donors (Lipinski definition) is 2. The number of hydrogen-bond acceptors (Lipinski definition) is 2. The number of aliphatic carboxylic acids is 1. The van der Waals surface area contributed by atoms with E-state index in [-0.39, 0.29) is 22.7 Å². The maximum Gasteiger partial charge on any atom is 0.303 e. The smallest absolute Gasteiger partial charge is 0.303 e. The molecule has 0 radical (unpaired) electrons. The second-order valence-corrected chi connectivity index (χ2v) is 7.82. The summed E-state index contributed by atoms with van der Waals surface area (Å²) in [6.07, 6.45) is 3.00. The van der Waals surface area contributed by atoms with Crippen LogP contribution in [0.15, 0.2) is 30.3 Å². The van der Waals surface area contributed by atoms with Gasteiger partial charge in [-0.1, -0.05) is 51.1 Å². The van der Waals surface area contributed by atoms with E-state index in [0.717, 1.165) is 19.3 Å². The van der Waals surface area contributed by atoms with Crippen molar-refractivity contribution in [3.63, 3.8) is 0 Å². The molecule has 3 heteroatoms. The molecule has 0 bridgehead atoms. The molecule has 1 saturated carbocycles. The summed E-state index contributed by atoms with van der Waals surface area (Å²) in [4.78, 5) is 11.1. The van der Waals surface area contributed by atoms with Gasteiger partial charge in [0.1, 0.15) is 0 Å². The first-order valence-electron chi connectivity index (χ1n) is 7.68. The van der Waals surface area contributed by atoms with Crippen LogP contribution < -0.4 is 5.73 Å². The van der Waals surface area contributed by atoms with Gasteiger partial charge in [-0.2, -0.15) is 0 Å². The van der Waals surface area contributed by atoms with Crippen molar-refractivity contribution in [2.24, 2.45) is 22.0 Å². The molecule has 1 fully saturated rings. The lowest BCUT2D eigenvalue weighted by Gasteiger charge is -2.62. The summed E-state index contributed by atoms with van der Waals surface area (Å²) in [5.41, 5.74) is 7.31. The van der Waals surface area contributed by atoms with E-state index < -0.39 is 5.97 Å². The van der Waals surface area contributed by atoms with Crippen LogP contribution in [0.5, 0.6) is 0 Å². The van der Waals surface area contributed by atoms with Crippen LogP contribution in [0.25, 0.3) is 0 Å². The van der Waals surface area contributed by atoms with Crippen LogP contribution in [0.2, 0.25) is 0 Å². The fourth-order valence-corrected chi connectivity index (χ4v) is 3.95. The minimum Gasteiger partial charge on any atom is -0.481 e. The average molecular weight is 289 g/mol. The van der Waals surface area contributed by atoms with Gasteiger partial charge in [-0.15, -0.1) is 0 Å². The van der Waals surface area contributed by atoms with Gasteiger partial charge in [-0.3, -0.25) is 4.79 Å². The predicted octanol–water partition coefficient (Wildman–Crippen LogP) is 3.48. The zero-order valence-electron chi connectivity index (χ0n) is 13.4. The van der Waals surface area contributed by atoms with Gasteiger partial charge in [-0.25, -0.2) is 0 Å². The Kier molecular flexibility index (Phi) is 4.16. The van der Waals surface area contributed by atoms with Gasteiger partial charge < -0.3 is 10.8 Å². The Balaban J connectivity index is 2.21. The third-order valence-electron chi connectivity index (χ3n) is 5.36. The zero-order valence-corrected chi connectivity index (χ0v) is 13.4. The lowest BCUT2D eigenvalue weighted by molar-refractivity contribution is -0.153. The Morgan fingerprint density at radius 2 is 1.81 bits per heavy atom. The summed E-state index contributed by atoms with van der Waals surface area (Å²) in [6, 6.07) is 10.5. The maximum absolute atomic E-state index is 11.1. The van der Waals surface area contributed by atoms with Crippen molar-refractivity contribution in [1.29, 1.82) is 0 Å². The van der Waals surface area contributed by atoms with Crippen LogP contribution in [-0.2, 0) is 11.2 Å². The van der Waals surface area contributed by atoms with E-state index in [1.54, 1.807) is 0 Å². The Morgan fingerprint density at radius 3 is 2.24 bits per heavy atom. The lowest BCUT2D eigenvalue weighted by Crippen LogP contribution is -2.58. The standard InChI is InChI=1S/C18H27NO2/c1-16(2,3)18(9-14-7-5-4-6-8-14)11-17(12-18,13-19)10-15(20)21/h4-8H,9-13,19H2,1-3H3,(H,20,21). The highest BCUT2D eigenvalue weighted by Crippen LogP contribution is 2.64. The highest BCUT2D eigenvalue weighted by molar-refractivity contribution is 5.68. The lowest BCUT2D eigenvalue weighted by atomic mass is 9.42. The largest absolute Gasteiger partial charge is 0.481 e. The Bertz CT molecular complexity index is 496. The molecule has 0 saturated heterocycles. The summed E-state index contributed by atoms with van der Waals surface area (Å²) in [5.74, 6) is -0.734. The minimum absolute atomic E-state index is 0.139. The van der Waals surface area contributed by atoms with E-state index in [9.17, 15) is 4.79 Å². The molecule has 0 unspecified atom stereocenters. The fourth-order valence-electron chi connectivity index (χ4n) is 3.95. The maximum atomic E-state index is 11.1.